The molecule has 0 atom stereocenters. The van der Waals surface area contributed by atoms with E-state index in [9.17, 15) is 9.59 Å². The van der Waals surface area contributed by atoms with E-state index in [0.717, 1.165) is 30.5 Å². The van der Waals surface area contributed by atoms with Gasteiger partial charge in [0.25, 0.3) is 5.91 Å². The second-order valence-corrected chi connectivity index (χ2v) is 9.00. The number of benzene rings is 1. The summed E-state index contributed by atoms with van der Waals surface area (Å²) in [6, 6.07) is 12.1. The highest BCUT2D eigenvalue weighted by Crippen LogP contribution is 2.30. The summed E-state index contributed by atoms with van der Waals surface area (Å²) in [5.41, 5.74) is 4.72. The molecule has 2 fully saturated rings. The molecule has 3 amide bonds. The van der Waals surface area contributed by atoms with E-state index in [1.807, 2.05) is 34.2 Å². The zero-order valence-electron chi connectivity index (χ0n) is 19.6. The van der Waals surface area contributed by atoms with Gasteiger partial charge in [0.05, 0.1) is 30.5 Å². The molecule has 3 aromatic rings. The quantitative estimate of drug-likeness (QED) is 0.641. The van der Waals surface area contributed by atoms with Crippen molar-refractivity contribution in [2.45, 2.75) is 32.1 Å². The van der Waals surface area contributed by atoms with Gasteiger partial charge in [-0.1, -0.05) is 19.1 Å². The van der Waals surface area contributed by atoms with E-state index >= 15 is 0 Å². The Hall–Kier alpha value is -3.39. The Kier molecular flexibility index (Phi) is 6.49. The number of nitrogens with zero attached hydrogens (tertiary/aromatic N) is 4. The monoisotopic (exact) mass is 461 g/mol. The summed E-state index contributed by atoms with van der Waals surface area (Å²) < 4.78 is 7.14. The average molecular weight is 462 g/mol. The van der Waals surface area contributed by atoms with Gasteiger partial charge in [0.15, 0.2) is 0 Å². The summed E-state index contributed by atoms with van der Waals surface area (Å²) in [4.78, 5) is 29.5. The van der Waals surface area contributed by atoms with Crippen LogP contribution >= 0.6 is 0 Å². The molecule has 4 heterocycles. The predicted octanol–water partition coefficient (Wildman–Crippen LogP) is 3.78. The molecular weight excluding hydrogens is 430 g/mol. The summed E-state index contributed by atoms with van der Waals surface area (Å²) >= 11 is 0. The first-order valence-electron chi connectivity index (χ1n) is 12.1. The van der Waals surface area contributed by atoms with Crippen LogP contribution in [0.4, 0.5) is 10.5 Å². The third-order valence-electron chi connectivity index (χ3n) is 6.91. The number of morpholine rings is 1. The van der Waals surface area contributed by atoms with Gasteiger partial charge in [0.1, 0.15) is 0 Å². The van der Waals surface area contributed by atoms with E-state index in [1.54, 1.807) is 10.7 Å². The predicted molar refractivity (Wildman–Crippen MR) is 130 cm³/mol. The highest BCUT2D eigenvalue weighted by atomic mass is 16.5. The lowest BCUT2D eigenvalue weighted by Crippen LogP contribution is -2.40. The van der Waals surface area contributed by atoms with Crippen LogP contribution in [0.25, 0.3) is 5.52 Å². The van der Waals surface area contributed by atoms with Crippen molar-refractivity contribution in [2.24, 2.45) is 0 Å². The van der Waals surface area contributed by atoms with Crippen molar-refractivity contribution in [3.05, 3.63) is 65.5 Å². The van der Waals surface area contributed by atoms with Crippen LogP contribution in [0.1, 0.15) is 47.2 Å². The van der Waals surface area contributed by atoms with Crippen molar-refractivity contribution in [3.8, 4) is 0 Å². The zero-order valence-corrected chi connectivity index (χ0v) is 19.6. The van der Waals surface area contributed by atoms with Gasteiger partial charge in [0, 0.05) is 38.1 Å². The number of aromatic nitrogens is 2. The number of rotatable bonds is 4. The maximum Gasteiger partial charge on any atom is 0.321 e. The third-order valence-corrected chi connectivity index (χ3v) is 6.91. The number of likely N-dealkylation sites (tertiary alicyclic amines) is 1. The lowest BCUT2D eigenvalue weighted by Gasteiger charge is -2.32. The molecule has 0 bridgehead atoms. The molecule has 0 radical (unpaired) electrons. The smallest absolute Gasteiger partial charge is 0.321 e. The lowest BCUT2D eigenvalue weighted by molar-refractivity contribution is 0.0304. The van der Waals surface area contributed by atoms with Gasteiger partial charge in [0.2, 0.25) is 0 Å². The van der Waals surface area contributed by atoms with Crippen molar-refractivity contribution in [1.29, 1.82) is 0 Å². The molecule has 1 aromatic carbocycles. The molecule has 0 spiro atoms. The van der Waals surface area contributed by atoms with E-state index in [0.29, 0.717) is 50.9 Å². The third kappa shape index (κ3) is 4.63. The fourth-order valence-corrected chi connectivity index (χ4v) is 4.84. The number of hydrogen-bond donors (Lipinski definition) is 1. The zero-order chi connectivity index (χ0) is 23.5. The van der Waals surface area contributed by atoms with Crippen molar-refractivity contribution in [2.75, 3.05) is 44.7 Å². The highest BCUT2D eigenvalue weighted by molar-refractivity contribution is 6.00. The van der Waals surface area contributed by atoms with E-state index in [2.05, 4.69) is 35.5 Å². The molecule has 34 heavy (non-hydrogen) atoms. The first-order valence-corrected chi connectivity index (χ1v) is 12.1. The minimum absolute atomic E-state index is 0.00841. The van der Waals surface area contributed by atoms with Crippen molar-refractivity contribution in [1.82, 2.24) is 19.4 Å². The van der Waals surface area contributed by atoms with Crippen LogP contribution in [0.2, 0.25) is 0 Å². The minimum atomic E-state index is -0.0451. The van der Waals surface area contributed by atoms with Gasteiger partial charge >= 0.3 is 6.03 Å². The molecule has 1 N–H and O–H groups in total. The van der Waals surface area contributed by atoms with Gasteiger partial charge in [-0.25, -0.2) is 9.31 Å². The van der Waals surface area contributed by atoms with Gasteiger partial charge in [-0.3, -0.25) is 4.79 Å². The number of nitrogens with one attached hydrogen (secondary N) is 1. The molecule has 8 heteroatoms. The van der Waals surface area contributed by atoms with E-state index in [4.69, 9.17) is 4.74 Å². The average Bonchev–Trinajstić information content (AvgIpc) is 3.32. The first-order chi connectivity index (χ1) is 16.6. The van der Waals surface area contributed by atoms with Crippen LogP contribution in [-0.4, -0.2) is 70.7 Å². The van der Waals surface area contributed by atoms with Gasteiger partial charge in [-0.05, 0) is 60.6 Å². The maximum absolute atomic E-state index is 13.0. The SMILES string of the molecule is CCc1cccc(NC(=O)N2CCC(c3ccn4ncc(C(=O)N5CCOCC5)c4c3)CC2)c1. The Morgan fingerprint density at radius 3 is 2.62 bits per heavy atom. The molecule has 2 aliphatic heterocycles. The van der Waals surface area contributed by atoms with Crippen LogP contribution in [0, 0.1) is 0 Å². The van der Waals surface area contributed by atoms with Crippen LogP contribution in [0.3, 0.4) is 0 Å². The van der Waals surface area contributed by atoms with Crippen LogP contribution in [0.15, 0.2) is 48.8 Å². The van der Waals surface area contributed by atoms with Gasteiger partial charge in [-0.15, -0.1) is 0 Å². The fourth-order valence-electron chi connectivity index (χ4n) is 4.84. The number of hydrogen-bond acceptors (Lipinski definition) is 4. The molecule has 0 unspecified atom stereocenters. The lowest BCUT2D eigenvalue weighted by atomic mass is 9.89. The number of urea groups is 1. The van der Waals surface area contributed by atoms with Gasteiger partial charge in [-0.2, -0.15) is 5.10 Å². The van der Waals surface area contributed by atoms with Crippen molar-refractivity contribution in [3.63, 3.8) is 0 Å². The van der Waals surface area contributed by atoms with E-state index in [1.165, 1.54) is 11.1 Å². The topological polar surface area (TPSA) is 79.2 Å². The first kappa shape index (κ1) is 22.4. The molecule has 8 nitrogen and oxygen atoms in total. The number of anilines is 1. The molecule has 2 aliphatic rings. The Labute approximate surface area is 199 Å². The summed E-state index contributed by atoms with van der Waals surface area (Å²) in [5.74, 6) is 0.354. The number of amides is 3. The number of aryl methyl sites for hydroxylation is 1. The second kappa shape index (κ2) is 9.85. The van der Waals surface area contributed by atoms with Crippen LogP contribution in [0.5, 0.6) is 0 Å². The van der Waals surface area contributed by atoms with E-state index in [-0.39, 0.29) is 11.9 Å². The number of piperidine rings is 1. The largest absolute Gasteiger partial charge is 0.378 e. The minimum Gasteiger partial charge on any atom is -0.378 e. The molecule has 0 saturated carbocycles. The summed E-state index contributed by atoms with van der Waals surface area (Å²) in [6.45, 7) is 5.88. The normalized spacial score (nSPS) is 17.2. The Morgan fingerprint density at radius 2 is 1.85 bits per heavy atom. The summed E-state index contributed by atoms with van der Waals surface area (Å²) in [6.07, 6.45) is 6.31. The number of carbonyl (C=O) groups excluding carboxylic acids is 2. The molecule has 2 saturated heterocycles. The van der Waals surface area contributed by atoms with Crippen LogP contribution < -0.4 is 5.32 Å². The van der Waals surface area contributed by atoms with Crippen LogP contribution in [-0.2, 0) is 11.2 Å². The van der Waals surface area contributed by atoms with Gasteiger partial charge < -0.3 is 19.9 Å². The molecule has 178 valence electrons. The summed E-state index contributed by atoms with van der Waals surface area (Å²) in [7, 11) is 0. The van der Waals surface area contributed by atoms with E-state index < -0.39 is 0 Å². The fraction of sp³-hybridized carbons (Fsp3) is 0.423. The number of carbonyl (C=O) groups is 2. The Balaban J connectivity index is 1.24. The Bertz CT molecular complexity index is 1180. The number of pyridine rings is 1. The van der Waals surface area contributed by atoms with Crippen molar-refractivity contribution >= 4 is 23.1 Å². The maximum atomic E-state index is 13.0. The second-order valence-electron chi connectivity index (χ2n) is 9.00. The number of fused-ring (bicyclic) bond motifs is 1. The molecule has 0 aliphatic carbocycles. The molecular formula is C26H31N5O3. The molecule has 2 aromatic heterocycles. The Morgan fingerprint density at radius 1 is 1.06 bits per heavy atom. The standard InChI is InChI=1S/C26H31N5O3/c1-2-19-4-3-5-22(16-19)28-26(33)30-9-6-20(7-10-30)21-8-11-31-24(17-21)23(18-27-31)25(32)29-12-14-34-15-13-29/h3-5,8,11,16-18,20H,2,6-7,9-10,12-15H2,1H3,(H,28,33). The molecule has 5 rings (SSSR count). The summed E-state index contributed by atoms with van der Waals surface area (Å²) in [5, 5.41) is 7.42. The highest BCUT2D eigenvalue weighted by Gasteiger charge is 2.26. The number of ether oxygens (including phenoxy) is 1. The van der Waals surface area contributed by atoms with Crippen molar-refractivity contribution < 1.29 is 14.3 Å².